The van der Waals surface area contributed by atoms with Crippen molar-refractivity contribution in [2.45, 2.75) is 34.1 Å². The van der Waals surface area contributed by atoms with Gasteiger partial charge in [0.1, 0.15) is 0 Å². The van der Waals surface area contributed by atoms with Crippen molar-refractivity contribution in [3.8, 4) is 0 Å². The zero-order valence-electron chi connectivity index (χ0n) is 8.55. The average molecular weight is 169 g/mol. The molecular formula is C10H19NO. The number of carbonyl (C=O) groups excluding carboxylic acids is 1. The summed E-state index contributed by atoms with van der Waals surface area (Å²) in [6.07, 6.45) is 2.45. The van der Waals surface area contributed by atoms with E-state index in [1.54, 1.807) is 11.1 Å². The van der Waals surface area contributed by atoms with Crippen molar-refractivity contribution in [2.75, 3.05) is 6.54 Å². The maximum atomic E-state index is 11.7. The second kappa shape index (κ2) is 4.29. The zero-order valence-corrected chi connectivity index (χ0v) is 8.55. The Morgan fingerprint density at radius 1 is 1.50 bits per heavy atom. The van der Waals surface area contributed by atoms with E-state index in [0.717, 1.165) is 6.42 Å². The van der Waals surface area contributed by atoms with Crippen LogP contribution >= 0.6 is 0 Å². The van der Waals surface area contributed by atoms with Crippen LogP contribution in [-0.4, -0.2) is 17.4 Å². The minimum absolute atomic E-state index is 0.155. The third kappa shape index (κ3) is 2.36. The summed E-state index contributed by atoms with van der Waals surface area (Å²) in [4.78, 5) is 13.4. The highest BCUT2D eigenvalue weighted by Crippen LogP contribution is 2.22. The summed E-state index contributed by atoms with van der Waals surface area (Å²) in [6.45, 7) is 12.2. The molecule has 0 radical (unpaired) electrons. The molecule has 0 N–H and O–H groups in total. The molecule has 2 heteroatoms. The van der Waals surface area contributed by atoms with Crippen molar-refractivity contribution in [1.82, 2.24) is 4.90 Å². The van der Waals surface area contributed by atoms with E-state index >= 15 is 0 Å². The van der Waals surface area contributed by atoms with Gasteiger partial charge in [0.25, 0.3) is 0 Å². The second-order valence-corrected chi connectivity index (χ2v) is 3.51. The number of hydrogen-bond donors (Lipinski definition) is 0. The molecule has 0 spiro atoms. The van der Waals surface area contributed by atoms with E-state index < -0.39 is 0 Å². The van der Waals surface area contributed by atoms with Gasteiger partial charge in [0.15, 0.2) is 0 Å². The number of amides is 1. The molecular weight excluding hydrogens is 150 g/mol. The van der Waals surface area contributed by atoms with Gasteiger partial charge in [0.2, 0.25) is 5.91 Å². The molecule has 0 aromatic carbocycles. The molecule has 0 aliphatic heterocycles. The summed E-state index contributed by atoms with van der Waals surface area (Å²) in [5.41, 5.74) is -0.260. The van der Waals surface area contributed by atoms with Gasteiger partial charge in [-0.1, -0.05) is 27.4 Å². The van der Waals surface area contributed by atoms with E-state index in [9.17, 15) is 4.79 Å². The Hall–Kier alpha value is -0.790. The van der Waals surface area contributed by atoms with Crippen molar-refractivity contribution in [3.05, 3.63) is 12.8 Å². The number of rotatable bonds is 4. The van der Waals surface area contributed by atoms with Crippen molar-refractivity contribution in [3.63, 3.8) is 0 Å². The predicted molar refractivity (Wildman–Crippen MR) is 51.7 cm³/mol. The fraction of sp³-hybridized carbons (Fsp3) is 0.700. The first-order valence-electron chi connectivity index (χ1n) is 4.43. The maximum absolute atomic E-state index is 11.7. The van der Waals surface area contributed by atoms with Crippen LogP contribution in [0.15, 0.2) is 12.8 Å². The van der Waals surface area contributed by atoms with Gasteiger partial charge in [0.05, 0.1) is 0 Å². The Kier molecular flexibility index (Phi) is 4.01. The van der Waals surface area contributed by atoms with Crippen molar-refractivity contribution >= 4 is 5.91 Å². The number of hydrogen-bond acceptors (Lipinski definition) is 1. The van der Waals surface area contributed by atoms with E-state index in [2.05, 4.69) is 6.58 Å². The van der Waals surface area contributed by atoms with Crippen LogP contribution in [-0.2, 0) is 4.79 Å². The molecule has 0 aromatic heterocycles. The molecule has 70 valence electrons. The standard InChI is InChI=1S/C10H19NO/c1-6-10(4,5)9(12)11(7-2)8-3/h7H,2,6,8H2,1,3-5H3. The van der Waals surface area contributed by atoms with Crippen LogP contribution in [0.5, 0.6) is 0 Å². The highest BCUT2D eigenvalue weighted by molar-refractivity contribution is 5.82. The zero-order chi connectivity index (χ0) is 9.78. The molecule has 0 aliphatic rings. The Labute approximate surface area is 75.3 Å². The van der Waals surface area contributed by atoms with Crippen LogP contribution in [0, 0.1) is 5.41 Å². The lowest BCUT2D eigenvalue weighted by Crippen LogP contribution is -2.37. The molecule has 0 saturated carbocycles. The molecule has 12 heavy (non-hydrogen) atoms. The Balaban J connectivity index is 4.45. The minimum atomic E-state index is -0.260. The van der Waals surface area contributed by atoms with Gasteiger partial charge in [-0.3, -0.25) is 4.79 Å². The summed E-state index contributed by atoms with van der Waals surface area (Å²) in [5.74, 6) is 0.155. The van der Waals surface area contributed by atoms with E-state index in [0.29, 0.717) is 6.54 Å². The van der Waals surface area contributed by atoms with Crippen molar-refractivity contribution in [1.29, 1.82) is 0 Å². The fourth-order valence-corrected chi connectivity index (χ4v) is 0.896. The lowest BCUT2D eigenvalue weighted by atomic mass is 9.88. The summed E-state index contributed by atoms with van der Waals surface area (Å²) in [7, 11) is 0. The summed E-state index contributed by atoms with van der Waals surface area (Å²) >= 11 is 0. The molecule has 0 bridgehead atoms. The van der Waals surface area contributed by atoms with Gasteiger partial charge >= 0.3 is 0 Å². The van der Waals surface area contributed by atoms with E-state index in [1.165, 1.54) is 0 Å². The monoisotopic (exact) mass is 169 g/mol. The van der Waals surface area contributed by atoms with E-state index in [1.807, 2.05) is 27.7 Å². The normalized spacial score (nSPS) is 11.0. The molecule has 0 aromatic rings. The molecule has 0 atom stereocenters. The molecule has 0 saturated heterocycles. The highest BCUT2D eigenvalue weighted by Gasteiger charge is 2.28. The van der Waals surface area contributed by atoms with Gasteiger partial charge in [0, 0.05) is 12.0 Å². The van der Waals surface area contributed by atoms with Crippen LogP contribution in [0.1, 0.15) is 34.1 Å². The maximum Gasteiger partial charge on any atom is 0.232 e. The third-order valence-corrected chi connectivity index (χ3v) is 2.28. The number of nitrogens with zero attached hydrogens (tertiary/aromatic N) is 1. The van der Waals surface area contributed by atoms with Gasteiger partial charge in [-0.15, -0.1) is 0 Å². The van der Waals surface area contributed by atoms with Crippen LogP contribution in [0.4, 0.5) is 0 Å². The molecule has 2 nitrogen and oxygen atoms in total. The molecule has 0 heterocycles. The lowest BCUT2D eigenvalue weighted by Gasteiger charge is -2.27. The van der Waals surface area contributed by atoms with Gasteiger partial charge in [-0.25, -0.2) is 0 Å². The van der Waals surface area contributed by atoms with Crippen LogP contribution in [0.2, 0.25) is 0 Å². The Morgan fingerprint density at radius 2 is 2.00 bits per heavy atom. The van der Waals surface area contributed by atoms with E-state index in [-0.39, 0.29) is 11.3 Å². The Bertz CT molecular complexity index is 173. The molecule has 0 rings (SSSR count). The quantitative estimate of drug-likeness (QED) is 0.633. The SMILES string of the molecule is C=CN(CC)C(=O)C(C)(C)CC. The largest absolute Gasteiger partial charge is 0.320 e. The molecule has 1 amide bonds. The predicted octanol–water partition coefficient (Wildman–Crippen LogP) is 2.41. The first kappa shape index (κ1) is 11.2. The first-order valence-corrected chi connectivity index (χ1v) is 4.43. The summed E-state index contributed by atoms with van der Waals surface area (Å²) in [6, 6.07) is 0. The molecule has 0 unspecified atom stereocenters. The average Bonchev–Trinajstić information content (AvgIpc) is 2.06. The summed E-state index contributed by atoms with van der Waals surface area (Å²) in [5, 5.41) is 0. The van der Waals surface area contributed by atoms with Gasteiger partial charge in [-0.2, -0.15) is 0 Å². The van der Waals surface area contributed by atoms with Crippen LogP contribution in [0.25, 0.3) is 0 Å². The highest BCUT2D eigenvalue weighted by atomic mass is 16.2. The Morgan fingerprint density at radius 3 is 2.25 bits per heavy atom. The minimum Gasteiger partial charge on any atom is -0.320 e. The third-order valence-electron chi connectivity index (χ3n) is 2.28. The fourth-order valence-electron chi connectivity index (χ4n) is 0.896. The summed E-state index contributed by atoms with van der Waals surface area (Å²) < 4.78 is 0. The van der Waals surface area contributed by atoms with Gasteiger partial charge < -0.3 is 4.90 Å². The molecule has 0 aliphatic carbocycles. The lowest BCUT2D eigenvalue weighted by molar-refractivity contribution is -0.137. The second-order valence-electron chi connectivity index (χ2n) is 3.51. The number of carbonyl (C=O) groups is 1. The molecule has 0 fully saturated rings. The van der Waals surface area contributed by atoms with Crippen LogP contribution in [0.3, 0.4) is 0 Å². The topological polar surface area (TPSA) is 20.3 Å². The van der Waals surface area contributed by atoms with Crippen LogP contribution < -0.4 is 0 Å². The van der Waals surface area contributed by atoms with Crippen molar-refractivity contribution < 1.29 is 4.79 Å². The smallest absolute Gasteiger partial charge is 0.232 e. The first-order chi connectivity index (χ1) is 5.49. The van der Waals surface area contributed by atoms with E-state index in [4.69, 9.17) is 0 Å². The van der Waals surface area contributed by atoms with Gasteiger partial charge in [-0.05, 0) is 19.5 Å². The van der Waals surface area contributed by atoms with Crippen molar-refractivity contribution in [2.24, 2.45) is 5.41 Å².